The predicted molar refractivity (Wildman–Crippen MR) is 98.0 cm³/mol. The molecular weight excluding hydrogens is 371 g/mol. The van der Waals surface area contributed by atoms with E-state index in [0.717, 1.165) is 19.0 Å². The number of guanidine groups is 1. The topological polar surface area (TPSA) is 39.7 Å². The second kappa shape index (κ2) is 9.28. The highest BCUT2D eigenvalue weighted by molar-refractivity contribution is 14.0. The summed E-state index contributed by atoms with van der Waals surface area (Å²) in [5.74, 6) is 2.21. The molecule has 0 radical (unpaired) electrons. The summed E-state index contributed by atoms with van der Waals surface area (Å²) in [6.07, 6.45) is 2.64. The van der Waals surface area contributed by atoms with E-state index in [0.29, 0.717) is 10.8 Å². The van der Waals surface area contributed by atoms with Crippen molar-refractivity contribution >= 4 is 41.7 Å². The fourth-order valence-electron chi connectivity index (χ4n) is 1.89. The largest absolute Gasteiger partial charge is 0.355 e. The van der Waals surface area contributed by atoms with Gasteiger partial charge in [-0.2, -0.15) is 11.8 Å². The van der Waals surface area contributed by atoms with Crippen LogP contribution in [0.1, 0.15) is 26.7 Å². The Labute approximate surface area is 139 Å². The first-order valence-corrected chi connectivity index (χ1v) is 7.70. The van der Waals surface area contributed by atoms with E-state index in [2.05, 4.69) is 60.2 Å². The van der Waals surface area contributed by atoms with Gasteiger partial charge in [0.05, 0.1) is 0 Å². The lowest BCUT2D eigenvalue weighted by atomic mass is 10.1. The van der Waals surface area contributed by atoms with E-state index in [-0.39, 0.29) is 24.0 Å². The Hall–Kier alpha value is 0.310. The first kappa shape index (κ1) is 19.3. The van der Waals surface area contributed by atoms with E-state index < -0.39 is 0 Å². The van der Waals surface area contributed by atoms with Crippen LogP contribution in [0.4, 0.5) is 0 Å². The molecule has 0 aromatic rings. The van der Waals surface area contributed by atoms with Crippen LogP contribution in [0.25, 0.3) is 0 Å². The molecule has 0 aliphatic carbocycles. The Balaban J connectivity index is 0.00000324. The van der Waals surface area contributed by atoms with Gasteiger partial charge in [0.25, 0.3) is 0 Å². The van der Waals surface area contributed by atoms with E-state index in [9.17, 15) is 0 Å². The van der Waals surface area contributed by atoms with Crippen LogP contribution in [0.2, 0.25) is 0 Å². The van der Waals surface area contributed by atoms with Gasteiger partial charge < -0.3 is 15.5 Å². The average molecular weight is 400 g/mol. The average Bonchev–Trinajstić information content (AvgIpc) is 2.76. The summed E-state index contributed by atoms with van der Waals surface area (Å²) in [6, 6.07) is 0.500. The van der Waals surface area contributed by atoms with E-state index in [4.69, 9.17) is 0 Å². The molecule has 4 nitrogen and oxygen atoms in total. The van der Waals surface area contributed by atoms with Gasteiger partial charge in [-0.05, 0) is 46.5 Å². The van der Waals surface area contributed by atoms with Crippen molar-refractivity contribution in [1.29, 1.82) is 0 Å². The van der Waals surface area contributed by atoms with Gasteiger partial charge >= 0.3 is 0 Å². The normalized spacial score (nSPS) is 25.1. The number of likely N-dealkylation sites (N-methyl/N-ethyl adjacent to an activating group) is 1. The molecule has 1 aliphatic heterocycles. The summed E-state index contributed by atoms with van der Waals surface area (Å²) < 4.78 is 0.380. The van der Waals surface area contributed by atoms with Crippen molar-refractivity contribution in [2.45, 2.75) is 37.5 Å². The number of hydrogen-bond acceptors (Lipinski definition) is 3. The molecule has 0 aromatic carbocycles. The summed E-state index contributed by atoms with van der Waals surface area (Å²) >= 11 is 2.07. The predicted octanol–water partition coefficient (Wildman–Crippen LogP) is 2.01. The summed E-state index contributed by atoms with van der Waals surface area (Å²) in [6.45, 7) is 6.45. The quantitative estimate of drug-likeness (QED) is 0.421. The Bertz CT molecular complexity index is 278. The molecule has 0 bridgehead atoms. The summed E-state index contributed by atoms with van der Waals surface area (Å²) in [4.78, 5) is 6.48. The van der Waals surface area contributed by atoms with E-state index in [1.807, 2.05) is 7.05 Å². The van der Waals surface area contributed by atoms with Crippen molar-refractivity contribution in [2.24, 2.45) is 4.99 Å². The number of thioether (sulfide) groups is 1. The van der Waals surface area contributed by atoms with Crippen molar-refractivity contribution < 1.29 is 0 Å². The summed E-state index contributed by atoms with van der Waals surface area (Å²) in [5.41, 5.74) is 0. The Morgan fingerprint density at radius 2 is 2.11 bits per heavy atom. The SMILES string of the molecule is CN=C(NCC(C)N(C)C)NCC1(C)CCCS1.I. The van der Waals surface area contributed by atoms with Crippen molar-refractivity contribution in [3.05, 3.63) is 0 Å². The second-order valence-electron chi connectivity index (χ2n) is 5.52. The standard InChI is InChI=1S/C13H28N4S.HI/c1-11(17(4)5)9-15-12(14-3)16-10-13(2)7-6-8-18-13;/h11H,6-10H2,1-5H3,(H2,14,15,16);1H. The molecular formula is C13H29IN4S. The maximum absolute atomic E-state index is 4.28. The van der Waals surface area contributed by atoms with Gasteiger partial charge in [0.1, 0.15) is 0 Å². The lowest BCUT2D eigenvalue weighted by Gasteiger charge is -2.26. The minimum absolute atomic E-state index is 0. The van der Waals surface area contributed by atoms with E-state index >= 15 is 0 Å². The molecule has 2 atom stereocenters. The van der Waals surface area contributed by atoms with E-state index in [1.165, 1.54) is 18.6 Å². The summed E-state index contributed by atoms with van der Waals surface area (Å²) in [5, 5.41) is 6.83. The molecule has 2 N–H and O–H groups in total. The first-order chi connectivity index (χ1) is 8.47. The zero-order valence-electron chi connectivity index (χ0n) is 12.8. The number of halogens is 1. The van der Waals surface area contributed by atoms with Crippen LogP contribution >= 0.6 is 35.7 Å². The van der Waals surface area contributed by atoms with Crippen LogP contribution in [0.3, 0.4) is 0 Å². The number of hydrogen-bond donors (Lipinski definition) is 2. The number of nitrogens with zero attached hydrogens (tertiary/aromatic N) is 2. The fraction of sp³-hybridized carbons (Fsp3) is 0.923. The van der Waals surface area contributed by atoms with Crippen molar-refractivity contribution in [1.82, 2.24) is 15.5 Å². The highest BCUT2D eigenvalue weighted by atomic mass is 127. The summed E-state index contributed by atoms with van der Waals surface area (Å²) in [7, 11) is 6.03. The Morgan fingerprint density at radius 3 is 2.58 bits per heavy atom. The zero-order chi connectivity index (χ0) is 13.6. The maximum Gasteiger partial charge on any atom is 0.191 e. The van der Waals surface area contributed by atoms with Gasteiger partial charge in [-0.15, -0.1) is 24.0 Å². The fourth-order valence-corrected chi connectivity index (χ4v) is 3.14. The molecule has 0 spiro atoms. The Kier molecular flexibility index (Phi) is 9.43. The third kappa shape index (κ3) is 7.04. The first-order valence-electron chi connectivity index (χ1n) is 6.72. The molecule has 19 heavy (non-hydrogen) atoms. The zero-order valence-corrected chi connectivity index (χ0v) is 16.0. The van der Waals surface area contributed by atoms with Crippen molar-refractivity contribution in [3.8, 4) is 0 Å². The molecule has 1 saturated heterocycles. The van der Waals surface area contributed by atoms with Gasteiger partial charge in [0.2, 0.25) is 0 Å². The maximum atomic E-state index is 4.28. The van der Waals surface area contributed by atoms with Gasteiger partial charge in [-0.3, -0.25) is 4.99 Å². The van der Waals surface area contributed by atoms with Crippen LogP contribution in [0, 0.1) is 0 Å². The minimum atomic E-state index is 0. The smallest absolute Gasteiger partial charge is 0.191 e. The molecule has 6 heteroatoms. The molecule has 1 aliphatic rings. The van der Waals surface area contributed by atoms with Crippen LogP contribution in [-0.4, -0.2) is 61.6 Å². The third-order valence-corrected chi connectivity index (χ3v) is 5.14. The van der Waals surface area contributed by atoms with Crippen LogP contribution < -0.4 is 10.6 Å². The minimum Gasteiger partial charge on any atom is -0.355 e. The van der Waals surface area contributed by atoms with Gasteiger partial charge in [0, 0.05) is 30.9 Å². The molecule has 114 valence electrons. The molecule has 2 unspecified atom stereocenters. The van der Waals surface area contributed by atoms with Gasteiger partial charge in [-0.1, -0.05) is 0 Å². The van der Waals surface area contributed by atoms with Crippen LogP contribution in [-0.2, 0) is 0 Å². The molecule has 1 fully saturated rings. The lowest BCUT2D eigenvalue weighted by Crippen LogP contribution is -2.47. The molecule has 0 aromatic heterocycles. The number of rotatable bonds is 5. The molecule has 0 saturated carbocycles. The van der Waals surface area contributed by atoms with E-state index in [1.54, 1.807) is 0 Å². The highest BCUT2D eigenvalue weighted by Gasteiger charge is 2.29. The second-order valence-corrected chi connectivity index (χ2v) is 7.20. The molecule has 1 heterocycles. The lowest BCUT2D eigenvalue weighted by molar-refractivity contribution is 0.312. The molecule has 1 rings (SSSR count). The van der Waals surface area contributed by atoms with Crippen LogP contribution in [0.5, 0.6) is 0 Å². The Morgan fingerprint density at radius 1 is 1.42 bits per heavy atom. The van der Waals surface area contributed by atoms with Crippen LogP contribution in [0.15, 0.2) is 4.99 Å². The number of aliphatic imine (C=N–C) groups is 1. The molecule has 0 amide bonds. The number of nitrogens with one attached hydrogen (secondary N) is 2. The van der Waals surface area contributed by atoms with Crippen molar-refractivity contribution in [2.75, 3.05) is 40.0 Å². The van der Waals surface area contributed by atoms with Gasteiger partial charge in [0.15, 0.2) is 5.96 Å². The van der Waals surface area contributed by atoms with Gasteiger partial charge in [-0.25, -0.2) is 0 Å². The highest BCUT2D eigenvalue weighted by Crippen LogP contribution is 2.36. The third-order valence-electron chi connectivity index (χ3n) is 3.60. The van der Waals surface area contributed by atoms with Crippen molar-refractivity contribution in [3.63, 3.8) is 0 Å². The monoisotopic (exact) mass is 400 g/mol.